The van der Waals surface area contributed by atoms with Crippen molar-refractivity contribution >= 4 is 11.5 Å². The predicted octanol–water partition coefficient (Wildman–Crippen LogP) is 1.91. The maximum atomic E-state index is 10.6. The molecule has 2 rings (SSSR count). The number of hydrogen-bond acceptors (Lipinski definition) is 2. The number of nitrogens with zero attached hydrogens (tertiary/aromatic N) is 2. The second kappa shape index (κ2) is 3.73. The fourth-order valence-electron chi connectivity index (χ4n) is 1.61. The monoisotopic (exact) mass is 204 g/mol. The number of aromatic nitrogens is 2. The van der Waals surface area contributed by atoms with Crippen molar-refractivity contribution in [2.45, 2.75) is 19.3 Å². The van der Waals surface area contributed by atoms with E-state index in [2.05, 4.69) is 4.98 Å². The SMILES string of the molecule is CC(CC(=O)O)c1ccc2cncn2c1. The molecule has 1 N–H and O–H groups in total. The van der Waals surface area contributed by atoms with Gasteiger partial charge in [-0.15, -0.1) is 0 Å². The van der Waals surface area contributed by atoms with E-state index in [0.717, 1.165) is 11.1 Å². The number of carboxylic acid groups (broad SMARTS) is 1. The summed E-state index contributed by atoms with van der Waals surface area (Å²) in [7, 11) is 0. The first kappa shape index (κ1) is 9.71. The van der Waals surface area contributed by atoms with Gasteiger partial charge in [0.05, 0.1) is 24.5 Å². The number of carbonyl (C=O) groups is 1. The normalized spacial score (nSPS) is 12.9. The summed E-state index contributed by atoms with van der Waals surface area (Å²) in [6, 6.07) is 3.89. The molecule has 0 aliphatic heterocycles. The fourth-order valence-corrected chi connectivity index (χ4v) is 1.61. The minimum absolute atomic E-state index is 0.0225. The van der Waals surface area contributed by atoms with Crippen LogP contribution >= 0.6 is 0 Å². The van der Waals surface area contributed by atoms with E-state index >= 15 is 0 Å². The van der Waals surface area contributed by atoms with Gasteiger partial charge in [-0.2, -0.15) is 0 Å². The van der Waals surface area contributed by atoms with Crippen LogP contribution in [0.4, 0.5) is 0 Å². The molecule has 0 fully saturated rings. The molecule has 0 spiro atoms. The van der Waals surface area contributed by atoms with Crippen molar-refractivity contribution in [3.63, 3.8) is 0 Å². The van der Waals surface area contributed by atoms with Crippen LogP contribution in [-0.2, 0) is 4.79 Å². The van der Waals surface area contributed by atoms with Gasteiger partial charge in [0.25, 0.3) is 0 Å². The summed E-state index contributed by atoms with van der Waals surface area (Å²) in [5.41, 5.74) is 2.03. The average Bonchev–Trinajstić information content (AvgIpc) is 2.62. The first-order valence-electron chi connectivity index (χ1n) is 4.80. The van der Waals surface area contributed by atoms with Crippen molar-refractivity contribution in [1.29, 1.82) is 0 Å². The Labute approximate surface area is 87.2 Å². The largest absolute Gasteiger partial charge is 0.481 e. The summed E-state index contributed by atoms with van der Waals surface area (Å²) in [5.74, 6) is -0.748. The van der Waals surface area contributed by atoms with Crippen LogP contribution in [0.1, 0.15) is 24.8 Å². The first-order valence-corrected chi connectivity index (χ1v) is 4.80. The fraction of sp³-hybridized carbons (Fsp3) is 0.273. The van der Waals surface area contributed by atoms with E-state index < -0.39 is 5.97 Å². The van der Waals surface area contributed by atoms with Crippen molar-refractivity contribution in [1.82, 2.24) is 9.38 Å². The molecule has 0 bridgehead atoms. The van der Waals surface area contributed by atoms with E-state index in [9.17, 15) is 4.79 Å². The molecule has 0 aromatic carbocycles. The second-order valence-electron chi connectivity index (χ2n) is 3.69. The zero-order valence-electron chi connectivity index (χ0n) is 8.42. The zero-order valence-corrected chi connectivity index (χ0v) is 8.42. The molecule has 2 aromatic rings. The number of imidazole rings is 1. The molecular formula is C11H12N2O2. The van der Waals surface area contributed by atoms with Crippen LogP contribution in [0.2, 0.25) is 0 Å². The lowest BCUT2D eigenvalue weighted by Gasteiger charge is -2.09. The summed E-state index contributed by atoms with van der Waals surface area (Å²) in [6.07, 6.45) is 5.56. The molecule has 1 atom stereocenters. The Bertz CT molecular complexity index is 490. The molecule has 4 nitrogen and oxygen atoms in total. The van der Waals surface area contributed by atoms with Gasteiger partial charge >= 0.3 is 5.97 Å². The third-order valence-electron chi connectivity index (χ3n) is 2.48. The standard InChI is InChI=1S/C11H12N2O2/c1-8(4-11(14)15)9-2-3-10-5-12-7-13(10)6-9/h2-3,5-8H,4H2,1H3,(H,14,15). The Morgan fingerprint density at radius 1 is 1.60 bits per heavy atom. The number of pyridine rings is 1. The lowest BCUT2D eigenvalue weighted by Crippen LogP contribution is -2.03. The molecular weight excluding hydrogens is 192 g/mol. The highest BCUT2D eigenvalue weighted by Crippen LogP contribution is 2.19. The average molecular weight is 204 g/mol. The van der Waals surface area contributed by atoms with E-state index in [4.69, 9.17) is 5.11 Å². The predicted molar refractivity (Wildman–Crippen MR) is 55.9 cm³/mol. The van der Waals surface area contributed by atoms with Crippen LogP contribution in [-0.4, -0.2) is 20.5 Å². The van der Waals surface area contributed by atoms with Gasteiger partial charge in [-0.25, -0.2) is 4.98 Å². The number of rotatable bonds is 3. The summed E-state index contributed by atoms with van der Waals surface area (Å²) in [6.45, 7) is 1.91. The zero-order chi connectivity index (χ0) is 10.8. The smallest absolute Gasteiger partial charge is 0.303 e. The summed E-state index contributed by atoms with van der Waals surface area (Å²) in [4.78, 5) is 14.6. The van der Waals surface area contributed by atoms with Gasteiger partial charge in [0.1, 0.15) is 0 Å². The summed E-state index contributed by atoms with van der Waals surface area (Å²) < 4.78 is 1.90. The minimum atomic E-state index is -0.770. The van der Waals surface area contributed by atoms with E-state index in [1.54, 1.807) is 12.5 Å². The van der Waals surface area contributed by atoms with Gasteiger partial charge in [0, 0.05) is 6.20 Å². The van der Waals surface area contributed by atoms with Gasteiger partial charge in [0.2, 0.25) is 0 Å². The maximum absolute atomic E-state index is 10.6. The second-order valence-corrected chi connectivity index (χ2v) is 3.69. The minimum Gasteiger partial charge on any atom is -0.481 e. The molecule has 0 aliphatic carbocycles. The van der Waals surface area contributed by atoms with E-state index in [-0.39, 0.29) is 12.3 Å². The van der Waals surface area contributed by atoms with Crippen molar-refractivity contribution in [3.05, 3.63) is 36.4 Å². The van der Waals surface area contributed by atoms with Gasteiger partial charge in [-0.1, -0.05) is 13.0 Å². The molecule has 0 aliphatic rings. The molecule has 0 amide bonds. The Kier molecular flexibility index (Phi) is 2.41. The third kappa shape index (κ3) is 1.98. The quantitative estimate of drug-likeness (QED) is 0.830. The molecule has 0 saturated heterocycles. The van der Waals surface area contributed by atoms with Gasteiger partial charge in [-0.3, -0.25) is 4.79 Å². The van der Waals surface area contributed by atoms with Crippen molar-refractivity contribution in [2.24, 2.45) is 0 Å². The summed E-state index contributed by atoms with van der Waals surface area (Å²) in [5, 5.41) is 8.70. The number of hydrogen-bond donors (Lipinski definition) is 1. The third-order valence-corrected chi connectivity index (χ3v) is 2.48. The van der Waals surface area contributed by atoms with E-state index in [1.807, 2.05) is 29.7 Å². The van der Waals surface area contributed by atoms with Gasteiger partial charge in [0.15, 0.2) is 0 Å². The molecule has 15 heavy (non-hydrogen) atoms. The van der Waals surface area contributed by atoms with Crippen molar-refractivity contribution < 1.29 is 9.90 Å². The van der Waals surface area contributed by atoms with Crippen molar-refractivity contribution in [3.8, 4) is 0 Å². The molecule has 2 heterocycles. The highest BCUT2D eigenvalue weighted by molar-refractivity contribution is 5.68. The molecule has 0 radical (unpaired) electrons. The van der Waals surface area contributed by atoms with Crippen LogP contribution < -0.4 is 0 Å². The summed E-state index contributed by atoms with van der Waals surface area (Å²) >= 11 is 0. The maximum Gasteiger partial charge on any atom is 0.303 e. The van der Waals surface area contributed by atoms with Gasteiger partial charge in [-0.05, 0) is 17.5 Å². The highest BCUT2D eigenvalue weighted by atomic mass is 16.4. The van der Waals surface area contributed by atoms with Crippen LogP contribution in [0.5, 0.6) is 0 Å². The Hall–Kier alpha value is -1.84. The molecule has 4 heteroatoms. The molecule has 1 unspecified atom stereocenters. The Morgan fingerprint density at radius 2 is 2.40 bits per heavy atom. The number of aliphatic carboxylic acids is 1. The first-order chi connectivity index (χ1) is 7.16. The van der Waals surface area contributed by atoms with Crippen LogP contribution in [0.25, 0.3) is 5.52 Å². The Balaban J connectivity index is 2.30. The number of fused-ring (bicyclic) bond motifs is 1. The van der Waals surface area contributed by atoms with Crippen LogP contribution in [0, 0.1) is 0 Å². The van der Waals surface area contributed by atoms with Crippen LogP contribution in [0.15, 0.2) is 30.9 Å². The Morgan fingerprint density at radius 3 is 3.13 bits per heavy atom. The van der Waals surface area contributed by atoms with Crippen LogP contribution in [0.3, 0.4) is 0 Å². The van der Waals surface area contributed by atoms with E-state index in [1.165, 1.54) is 0 Å². The molecule has 78 valence electrons. The lowest BCUT2D eigenvalue weighted by atomic mass is 10.00. The van der Waals surface area contributed by atoms with E-state index in [0.29, 0.717) is 0 Å². The molecule has 2 aromatic heterocycles. The highest BCUT2D eigenvalue weighted by Gasteiger charge is 2.10. The lowest BCUT2D eigenvalue weighted by molar-refractivity contribution is -0.137. The van der Waals surface area contributed by atoms with Gasteiger partial charge < -0.3 is 9.51 Å². The van der Waals surface area contributed by atoms with Crippen molar-refractivity contribution in [2.75, 3.05) is 0 Å². The number of carboxylic acids is 1. The topological polar surface area (TPSA) is 54.6 Å². The molecule has 0 saturated carbocycles.